The molecule has 3 aromatic rings. The summed E-state index contributed by atoms with van der Waals surface area (Å²) in [6.45, 7) is 0.423. The Labute approximate surface area is 140 Å². The van der Waals surface area contributed by atoms with Gasteiger partial charge in [0.15, 0.2) is 0 Å². The van der Waals surface area contributed by atoms with E-state index in [1.165, 1.54) is 12.1 Å². The van der Waals surface area contributed by atoms with E-state index in [2.05, 4.69) is 5.32 Å². The molecule has 2 amide bonds. The van der Waals surface area contributed by atoms with Crippen molar-refractivity contribution in [3.8, 4) is 0 Å². The van der Waals surface area contributed by atoms with Crippen molar-refractivity contribution in [2.75, 3.05) is 10.2 Å². The SMILES string of the molecule is O=C(Nc1cccc(F)c1)N(Cc1ccccc1)c1ccccc1. The van der Waals surface area contributed by atoms with Crippen molar-refractivity contribution in [1.82, 2.24) is 0 Å². The third-order valence-corrected chi connectivity index (χ3v) is 3.57. The Hall–Kier alpha value is -3.14. The van der Waals surface area contributed by atoms with E-state index in [1.807, 2.05) is 60.7 Å². The smallest absolute Gasteiger partial charge is 0.307 e. The van der Waals surface area contributed by atoms with Gasteiger partial charge in [0.2, 0.25) is 0 Å². The molecule has 1 N–H and O–H groups in total. The molecule has 0 aliphatic rings. The number of urea groups is 1. The number of carbonyl (C=O) groups is 1. The number of hydrogen-bond acceptors (Lipinski definition) is 1. The predicted molar refractivity (Wildman–Crippen MR) is 94.5 cm³/mol. The van der Waals surface area contributed by atoms with Crippen molar-refractivity contribution in [3.63, 3.8) is 0 Å². The zero-order valence-corrected chi connectivity index (χ0v) is 13.0. The first-order valence-corrected chi connectivity index (χ1v) is 7.65. The van der Waals surface area contributed by atoms with Crippen molar-refractivity contribution in [2.45, 2.75) is 6.54 Å². The largest absolute Gasteiger partial charge is 0.326 e. The number of para-hydroxylation sites is 1. The van der Waals surface area contributed by atoms with E-state index in [1.54, 1.807) is 17.0 Å². The molecular weight excluding hydrogens is 303 g/mol. The lowest BCUT2D eigenvalue weighted by atomic mass is 10.2. The number of rotatable bonds is 4. The average molecular weight is 320 g/mol. The molecule has 0 unspecified atom stereocenters. The number of benzene rings is 3. The van der Waals surface area contributed by atoms with E-state index >= 15 is 0 Å². The van der Waals surface area contributed by atoms with Gasteiger partial charge in [-0.1, -0.05) is 54.6 Å². The van der Waals surface area contributed by atoms with Crippen LogP contribution in [0.2, 0.25) is 0 Å². The van der Waals surface area contributed by atoms with Crippen LogP contribution < -0.4 is 10.2 Å². The highest BCUT2D eigenvalue weighted by Crippen LogP contribution is 2.19. The fourth-order valence-electron chi connectivity index (χ4n) is 2.41. The van der Waals surface area contributed by atoms with Gasteiger partial charge in [0.1, 0.15) is 5.82 Å². The van der Waals surface area contributed by atoms with Gasteiger partial charge in [-0.05, 0) is 35.9 Å². The molecule has 3 aromatic carbocycles. The van der Waals surface area contributed by atoms with E-state index < -0.39 is 0 Å². The second-order valence-corrected chi connectivity index (χ2v) is 5.35. The number of anilines is 2. The van der Waals surface area contributed by atoms with Crippen LogP contribution in [-0.4, -0.2) is 6.03 Å². The maximum atomic E-state index is 13.3. The highest BCUT2D eigenvalue weighted by molar-refractivity contribution is 6.01. The molecule has 24 heavy (non-hydrogen) atoms. The molecule has 0 spiro atoms. The summed E-state index contributed by atoms with van der Waals surface area (Å²) in [5.41, 5.74) is 2.21. The molecule has 120 valence electrons. The van der Waals surface area contributed by atoms with Gasteiger partial charge in [-0.25, -0.2) is 9.18 Å². The van der Waals surface area contributed by atoms with Gasteiger partial charge in [-0.15, -0.1) is 0 Å². The van der Waals surface area contributed by atoms with E-state index in [9.17, 15) is 9.18 Å². The van der Waals surface area contributed by atoms with E-state index in [0.717, 1.165) is 11.3 Å². The second-order valence-electron chi connectivity index (χ2n) is 5.35. The highest BCUT2D eigenvalue weighted by Gasteiger charge is 2.16. The minimum Gasteiger partial charge on any atom is -0.307 e. The van der Waals surface area contributed by atoms with Gasteiger partial charge in [0.25, 0.3) is 0 Å². The summed E-state index contributed by atoms with van der Waals surface area (Å²) in [6.07, 6.45) is 0. The summed E-state index contributed by atoms with van der Waals surface area (Å²) in [7, 11) is 0. The molecule has 0 saturated heterocycles. The van der Waals surface area contributed by atoms with E-state index in [0.29, 0.717) is 12.2 Å². The first-order chi connectivity index (χ1) is 11.7. The van der Waals surface area contributed by atoms with Crippen LogP contribution in [0.25, 0.3) is 0 Å². The average Bonchev–Trinajstić information content (AvgIpc) is 2.61. The van der Waals surface area contributed by atoms with Crippen LogP contribution in [0.4, 0.5) is 20.6 Å². The second kappa shape index (κ2) is 7.42. The lowest BCUT2D eigenvalue weighted by Crippen LogP contribution is -2.34. The Morgan fingerprint density at radius 1 is 0.875 bits per heavy atom. The monoisotopic (exact) mass is 320 g/mol. The Morgan fingerprint density at radius 3 is 2.21 bits per heavy atom. The molecule has 0 saturated carbocycles. The standard InChI is InChI=1S/C20H17FN2O/c21-17-10-7-11-18(14-17)22-20(24)23(19-12-5-2-6-13-19)15-16-8-3-1-4-9-16/h1-14H,15H2,(H,22,24). The van der Waals surface area contributed by atoms with Gasteiger partial charge in [-0.3, -0.25) is 4.90 Å². The van der Waals surface area contributed by atoms with Crippen molar-refractivity contribution in [2.24, 2.45) is 0 Å². The molecule has 0 bridgehead atoms. The number of hydrogen-bond donors (Lipinski definition) is 1. The topological polar surface area (TPSA) is 32.3 Å². The lowest BCUT2D eigenvalue weighted by molar-refractivity contribution is 0.256. The predicted octanol–water partition coefficient (Wildman–Crippen LogP) is 5.06. The van der Waals surface area contributed by atoms with Gasteiger partial charge >= 0.3 is 6.03 Å². The van der Waals surface area contributed by atoms with Gasteiger partial charge in [0.05, 0.1) is 6.54 Å². The van der Waals surface area contributed by atoms with Crippen molar-refractivity contribution >= 4 is 17.4 Å². The van der Waals surface area contributed by atoms with Crippen LogP contribution in [0.3, 0.4) is 0 Å². The van der Waals surface area contributed by atoms with Crippen molar-refractivity contribution in [3.05, 3.63) is 96.3 Å². The zero-order chi connectivity index (χ0) is 16.8. The number of amides is 2. The summed E-state index contributed by atoms with van der Waals surface area (Å²) in [4.78, 5) is 14.3. The molecule has 0 aromatic heterocycles. The van der Waals surface area contributed by atoms with Crippen molar-refractivity contribution < 1.29 is 9.18 Å². The van der Waals surface area contributed by atoms with Crippen LogP contribution in [0.5, 0.6) is 0 Å². The molecule has 0 aliphatic heterocycles. The summed E-state index contributed by atoms with van der Waals surface area (Å²) in [5.74, 6) is -0.387. The molecule has 4 heteroatoms. The Bertz CT molecular complexity index is 806. The molecule has 3 nitrogen and oxygen atoms in total. The summed E-state index contributed by atoms with van der Waals surface area (Å²) >= 11 is 0. The maximum absolute atomic E-state index is 13.3. The quantitative estimate of drug-likeness (QED) is 0.715. The minimum atomic E-state index is -0.387. The summed E-state index contributed by atoms with van der Waals surface area (Å²) in [5, 5.41) is 2.75. The van der Waals surface area contributed by atoms with Crippen LogP contribution >= 0.6 is 0 Å². The lowest BCUT2D eigenvalue weighted by Gasteiger charge is -2.23. The molecule has 0 aliphatic carbocycles. The third kappa shape index (κ3) is 3.98. The van der Waals surface area contributed by atoms with Crippen LogP contribution in [0, 0.1) is 5.82 Å². The first kappa shape index (κ1) is 15.7. The summed E-state index contributed by atoms with van der Waals surface area (Å²) in [6, 6.07) is 24.7. The fourth-order valence-corrected chi connectivity index (χ4v) is 2.41. The highest BCUT2D eigenvalue weighted by atomic mass is 19.1. The first-order valence-electron chi connectivity index (χ1n) is 7.65. The Balaban J connectivity index is 1.85. The number of halogens is 1. The minimum absolute atomic E-state index is 0.310. The number of nitrogens with zero attached hydrogens (tertiary/aromatic N) is 1. The summed E-state index contributed by atoms with van der Waals surface area (Å²) < 4.78 is 13.3. The van der Waals surface area contributed by atoms with Crippen LogP contribution in [0.1, 0.15) is 5.56 Å². The van der Waals surface area contributed by atoms with Gasteiger partial charge < -0.3 is 5.32 Å². The van der Waals surface area contributed by atoms with Crippen molar-refractivity contribution in [1.29, 1.82) is 0 Å². The van der Waals surface area contributed by atoms with Gasteiger partial charge in [0, 0.05) is 11.4 Å². The van der Waals surface area contributed by atoms with Crippen LogP contribution in [0.15, 0.2) is 84.9 Å². The Kier molecular flexibility index (Phi) is 4.87. The molecular formula is C20H17FN2O. The zero-order valence-electron chi connectivity index (χ0n) is 13.0. The molecule has 0 radical (unpaired) electrons. The molecule has 0 fully saturated rings. The van der Waals surface area contributed by atoms with E-state index in [4.69, 9.17) is 0 Å². The molecule has 3 rings (SSSR count). The maximum Gasteiger partial charge on any atom is 0.326 e. The third-order valence-electron chi connectivity index (χ3n) is 3.57. The Morgan fingerprint density at radius 2 is 1.54 bits per heavy atom. The van der Waals surface area contributed by atoms with Gasteiger partial charge in [-0.2, -0.15) is 0 Å². The normalized spacial score (nSPS) is 10.2. The number of nitrogens with one attached hydrogen (secondary N) is 1. The van der Waals surface area contributed by atoms with E-state index in [-0.39, 0.29) is 11.8 Å². The molecule has 0 heterocycles. The fraction of sp³-hybridized carbons (Fsp3) is 0.0500. The van der Waals surface area contributed by atoms with Crippen LogP contribution in [-0.2, 0) is 6.54 Å². The molecule has 0 atom stereocenters. The number of carbonyl (C=O) groups excluding carboxylic acids is 1.